The third-order valence-corrected chi connectivity index (χ3v) is 5.88. The molecule has 0 aliphatic carbocycles. The van der Waals surface area contributed by atoms with Crippen LogP contribution in [0.15, 0.2) is 71.2 Å². The molecular formula is C25H22N4O5. The van der Waals surface area contributed by atoms with Gasteiger partial charge in [-0.2, -0.15) is 5.26 Å². The van der Waals surface area contributed by atoms with Crippen molar-refractivity contribution in [1.29, 1.82) is 5.26 Å². The number of hydrogen-bond acceptors (Lipinski definition) is 8. The van der Waals surface area contributed by atoms with Crippen LogP contribution in [0.4, 0.5) is 11.4 Å². The van der Waals surface area contributed by atoms with E-state index in [1.807, 2.05) is 0 Å². The molecule has 34 heavy (non-hydrogen) atoms. The summed E-state index contributed by atoms with van der Waals surface area (Å²) in [5, 5.41) is 12.9. The van der Waals surface area contributed by atoms with E-state index in [-0.39, 0.29) is 35.0 Å². The highest BCUT2D eigenvalue weighted by molar-refractivity contribution is 6.07. The van der Waals surface area contributed by atoms with E-state index < -0.39 is 17.9 Å². The van der Waals surface area contributed by atoms with Gasteiger partial charge in [-0.3, -0.25) is 9.69 Å². The van der Waals surface area contributed by atoms with E-state index in [4.69, 9.17) is 15.2 Å². The summed E-state index contributed by atoms with van der Waals surface area (Å²) in [5.74, 6) is -2.71. The summed E-state index contributed by atoms with van der Waals surface area (Å²) in [5.41, 5.74) is 8.73. The fourth-order valence-electron chi connectivity index (χ4n) is 4.38. The monoisotopic (exact) mass is 458 g/mol. The summed E-state index contributed by atoms with van der Waals surface area (Å²) < 4.78 is 10.1. The van der Waals surface area contributed by atoms with Crippen molar-refractivity contribution in [3.63, 3.8) is 0 Å². The first kappa shape index (κ1) is 22.6. The fraction of sp³-hybridized carbons (Fsp3) is 0.200. The number of nitrogens with two attached hydrogens (primary N) is 1. The number of anilines is 2. The molecule has 2 aliphatic heterocycles. The lowest BCUT2D eigenvalue weighted by molar-refractivity contribution is -0.139. The molecule has 2 aromatic carbocycles. The molecule has 9 heteroatoms. The van der Waals surface area contributed by atoms with Crippen molar-refractivity contribution in [2.24, 2.45) is 5.73 Å². The van der Waals surface area contributed by atoms with E-state index in [1.165, 1.54) is 19.1 Å². The first-order chi connectivity index (χ1) is 16.4. The Hall–Kier alpha value is -4.58. The first-order valence-corrected chi connectivity index (χ1v) is 10.5. The molecule has 1 unspecified atom stereocenters. The maximum Gasteiger partial charge on any atom is 0.355 e. The van der Waals surface area contributed by atoms with Crippen molar-refractivity contribution < 1.29 is 23.9 Å². The van der Waals surface area contributed by atoms with Crippen molar-refractivity contribution in [2.45, 2.75) is 18.8 Å². The molecule has 2 heterocycles. The summed E-state index contributed by atoms with van der Waals surface area (Å²) in [4.78, 5) is 39.6. The lowest BCUT2D eigenvalue weighted by atomic mass is 9.80. The van der Waals surface area contributed by atoms with Gasteiger partial charge in [-0.05, 0) is 24.1 Å². The first-order valence-electron chi connectivity index (χ1n) is 10.5. The van der Waals surface area contributed by atoms with Crippen LogP contribution in [0, 0.1) is 11.3 Å². The van der Waals surface area contributed by atoms with Crippen LogP contribution >= 0.6 is 0 Å². The van der Waals surface area contributed by atoms with Gasteiger partial charge in [0.2, 0.25) is 5.91 Å². The van der Waals surface area contributed by atoms with Gasteiger partial charge in [0.25, 0.3) is 0 Å². The second-order valence-electron chi connectivity index (χ2n) is 7.69. The fourth-order valence-corrected chi connectivity index (χ4v) is 4.38. The minimum Gasteiger partial charge on any atom is -0.466 e. The Morgan fingerprint density at radius 2 is 1.76 bits per heavy atom. The molecule has 2 aliphatic rings. The lowest BCUT2D eigenvalue weighted by Gasteiger charge is -2.37. The van der Waals surface area contributed by atoms with E-state index in [9.17, 15) is 19.6 Å². The van der Waals surface area contributed by atoms with Crippen molar-refractivity contribution in [2.75, 3.05) is 24.4 Å². The maximum atomic E-state index is 13.2. The summed E-state index contributed by atoms with van der Waals surface area (Å²) in [6, 6.07) is 16.1. The molecule has 0 saturated heterocycles. The van der Waals surface area contributed by atoms with Gasteiger partial charge in [0, 0.05) is 17.7 Å². The number of carbonyl (C=O) groups excluding carboxylic acids is 3. The molecule has 0 spiro atoms. The van der Waals surface area contributed by atoms with Crippen LogP contribution in [-0.4, -0.2) is 32.1 Å². The quantitative estimate of drug-likeness (QED) is 0.667. The topological polar surface area (TPSA) is 135 Å². The number of nitrogens with one attached hydrogen (secondary N) is 1. The summed E-state index contributed by atoms with van der Waals surface area (Å²) in [6.07, 6.45) is 0.619. The second kappa shape index (κ2) is 9.11. The highest BCUT2D eigenvalue weighted by atomic mass is 16.5. The molecule has 0 bridgehead atoms. The number of amides is 1. The Kier molecular flexibility index (Phi) is 6.06. The predicted octanol–water partition coefficient (Wildman–Crippen LogP) is 2.47. The third kappa shape index (κ3) is 3.65. The second-order valence-corrected chi connectivity index (χ2v) is 7.69. The standard InChI is InChI=1S/C25H22N4O5/c1-33-24(31)21-20(14-7-4-3-5-8-14)16(13-26)23(27)29(22(21)25(32)34-2)18-10-6-9-17-15(18)11-12-19(30)28-17/h3-10,20H,11-12,27H2,1-2H3,(H,28,30). The van der Waals surface area contributed by atoms with Crippen molar-refractivity contribution in [3.05, 3.63) is 82.3 Å². The molecule has 0 saturated carbocycles. The number of hydrogen-bond donors (Lipinski definition) is 2. The Balaban J connectivity index is 2.06. The van der Waals surface area contributed by atoms with E-state index in [0.29, 0.717) is 28.9 Å². The Morgan fingerprint density at radius 1 is 1.06 bits per heavy atom. The van der Waals surface area contributed by atoms with Crippen LogP contribution in [0.1, 0.15) is 23.5 Å². The predicted molar refractivity (Wildman–Crippen MR) is 123 cm³/mol. The third-order valence-electron chi connectivity index (χ3n) is 5.88. The zero-order chi connectivity index (χ0) is 24.4. The Labute approximate surface area is 196 Å². The van der Waals surface area contributed by atoms with Gasteiger partial charge < -0.3 is 20.5 Å². The van der Waals surface area contributed by atoms with Crippen LogP contribution in [-0.2, 0) is 30.3 Å². The molecule has 2 aromatic rings. The van der Waals surface area contributed by atoms with Gasteiger partial charge in [0.1, 0.15) is 11.5 Å². The number of carbonyl (C=O) groups is 3. The van der Waals surface area contributed by atoms with Crippen LogP contribution in [0.25, 0.3) is 0 Å². The summed E-state index contributed by atoms with van der Waals surface area (Å²) in [6.45, 7) is 0. The average Bonchev–Trinajstić information content (AvgIpc) is 2.87. The van der Waals surface area contributed by atoms with E-state index in [0.717, 1.165) is 0 Å². The van der Waals surface area contributed by atoms with Crippen LogP contribution in [0.2, 0.25) is 0 Å². The minimum absolute atomic E-state index is 0.0188. The van der Waals surface area contributed by atoms with Gasteiger partial charge in [0.15, 0.2) is 0 Å². The summed E-state index contributed by atoms with van der Waals surface area (Å²) >= 11 is 0. The number of allylic oxidation sites excluding steroid dienone is 1. The van der Waals surface area contributed by atoms with Crippen molar-refractivity contribution in [1.82, 2.24) is 0 Å². The molecule has 1 amide bonds. The number of fused-ring (bicyclic) bond motifs is 1. The smallest absolute Gasteiger partial charge is 0.355 e. The van der Waals surface area contributed by atoms with Gasteiger partial charge in [-0.1, -0.05) is 36.4 Å². The maximum absolute atomic E-state index is 13.2. The van der Waals surface area contributed by atoms with Gasteiger partial charge in [0.05, 0.1) is 43.0 Å². The van der Waals surface area contributed by atoms with Crippen LogP contribution in [0.5, 0.6) is 0 Å². The number of nitrogens with zero attached hydrogens (tertiary/aromatic N) is 2. The molecule has 0 fully saturated rings. The van der Waals surface area contributed by atoms with Gasteiger partial charge in [-0.15, -0.1) is 0 Å². The SMILES string of the molecule is COC(=O)C1=C(C(=O)OC)N(c2cccc3c2CCC(=O)N3)C(N)=C(C#N)C1c1ccccc1. The number of methoxy groups -OCH3 is 2. The largest absolute Gasteiger partial charge is 0.466 e. The molecular weight excluding hydrogens is 436 g/mol. The van der Waals surface area contributed by atoms with Gasteiger partial charge >= 0.3 is 11.9 Å². The number of nitriles is 1. The highest BCUT2D eigenvalue weighted by Crippen LogP contribution is 2.45. The molecule has 0 aromatic heterocycles. The Morgan fingerprint density at radius 3 is 2.41 bits per heavy atom. The van der Waals surface area contributed by atoms with Crippen LogP contribution in [0.3, 0.4) is 0 Å². The lowest BCUT2D eigenvalue weighted by Crippen LogP contribution is -2.41. The average molecular weight is 458 g/mol. The minimum atomic E-state index is -0.941. The summed E-state index contributed by atoms with van der Waals surface area (Å²) in [7, 11) is 2.39. The molecule has 4 rings (SSSR count). The van der Waals surface area contributed by atoms with E-state index in [1.54, 1.807) is 48.5 Å². The zero-order valence-electron chi connectivity index (χ0n) is 18.6. The number of ether oxygens (including phenoxy) is 2. The van der Waals surface area contributed by atoms with E-state index >= 15 is 0 Å². The van der Waals surface area contributed by atoms with Crippen LogP contribution < -0.4 is 16.0 Å². The molecule has 1 atom stereocenters. The Bertz CT molecular complexity index is 1290. The van der Waals surface area contributed by atoms with Crippen molar-refractivity contribution in [3.8, 4) is 6.07 Å². The molecule has 0 radical (unpaired) electrons. The van der Waals surface area contributed by atoms with E-state index in [2.05, 4.69) is 11.4 Å². The molecule has 9 nitrogen and oxygen atoms in total. The zero-order valence-corrected chi connectivity index (χ0v) is 18.6. The number of benzene rings is 2. The van der Waals surface area contributed by atoms with Gasteiger partial charge in [-0.25, -0.2) is 9.59 Å². The normalized spacial score (nSPS) is 17.5. The number of rotatable bonds is 4. The molecule has 3 N–H and O–H groups in total. The number of esters is 2. The highest BCUT2D eigenvalue weighted by Gasteiger charge is 2.43. The van der Waals surface area contributed by atoms with Crippen molar-refractivity contribution >= 4 is 29.2 Å². The molecule has 172 valence electrons.